The summed E-state index contributed by atoms with van der Waals surface area (Å²) in [5.74, 6) is 11.9. The molecule has 0 saturated carbocycles. The molecule has 2 nitrogen and oxygen atoms in total. The van der Waals surface area contributed by atoms with Crippen molar-refractivity contribution in [1.82, 2.24) is 0 Å². The standard InChI is InChI=1S/C26H46O2/c1-4-7-10-13-14-15-16-17-18-19-20-23-26(27-24-21-11-8-5-2)28-25-22-12-9-6-3/h26H,4-6,8-9,11-12,15-25H2,1-3H3. The van der Waals surface area contributed by atoms with Gasteiger partial charge in [-0.15, -0.1) is 0 Å². The molecule has 0 amide bonds. The summed E-state index contributed by atoms with van der Waals surface area (Å²) in [4.78, 5) is 0. The lowest BCUT2D eigenvalue weighted by atomic mass is 10.1. The highest BCUT2D eigenvalue weighted by atomic mass is 16.7. The fraction of sp³-hybridized carbons (Fsp3) is 0.846. The molecule has 0 aliphatic heterocycles. The zero-order chi connectivity index (χ0) is 20.5. The van der Waals surface area contributed by atoms with E-state index >= 15 is 0 Å². The van der Waals surface area contributed by atoms with Crippen LogP contribution in [0.1, 0.15) is 124 Å². The molecule has 0 rings (SSSR count). The maximum Gasteiger partial charge on any atom is 0.157 e. The maximum atomic E-state index is 6.03. The Kier molecular flexibility index (Phi) is 23.3. The van der Waals surface area contributed by atoms with Crippen LogP contribution < -0.4 is 0 Å². The van der Waals surface area contributed by atoms with Crippen molar-refractivity contribution in [2.45, 2.75) is 130 Å². The Morgan fingerprint density at radius 2 is 1.11 bits per heavy atom. The lowest BCUT2D eigenvalue weighted by Gasteiger charge is -2.19. The summed E-state index contributed by atoms with van der Waals surface area (Å²) in [7, 11) is 0. The molecule has 162 valence electrons. The molecule has 0 aromatic heterocycles. The van der Waals surface area contributed by atoms with Crippen molar-refractivity contribution in [3.8, 4) is 23.7 Å². The van der Waals surface area contributed by atoms with Crippen LogP contribution in [0.4, 0.5) is 0 Å². The zero-order valence-electron chi connectivity index (χ0n) is 19.1. The zero-order valence-corrected chi connectivity index (χ0v) is 19.1. The van der Waals surface area contributed by atoms with Crippen LogP contribution in [0.25, 0.3) is 0 Å². The molecule has 0 saturated heterocycles. The fourth-order valence-electron chi connectivity index (χ4n) is 3.00. The minimum Gasteiger partial charge on any atom is -0.353 e. The molecular weight excluding hydrogens is 344 g/mol. The van der Waals surface area contributed by atoms with Crippen molar-refractivity contribution in [2.75, 3.05) is 13.2 Å². The number of hydrogen-bond donors (Lipinski definition) is 0. The van der Waals surface area contributed by atoms with Gasteiger partial charge in [0.25, 0.3) is 0 Å². The lowest BCUT2D eigenvalue weighted by Crippen LogP contribution is -2.19. The van der Waals surface area contributed by atoms with E-state index in [2.05, 4.69) is 37.5 Å². The molecule has 2 heteroatoms. The quantitative estimate of drug-likeness (QED) is 0.128. The SMILES string of the molecule is CCC#CC#CCCCCCCCC(OCCCCCC)OCCCCCC. The van der Waals surface area contributed by atoms with Gasteiger partial charge in [0, 0.05) is 26.1 Å². The van der Waals surface area contributed by atoms with Crippen LogP contribution in [0, 0.1) is 23.7 Å². The Morgan fingerprint density at radius 1 is 0.571 bits per heavy atom. The van der Waals surface area contributed by atoms with Gasteiger partial charge in [-0.3, -0.25) is 0 Å². The van der Waals surface area contributed by atoms with Gasteiger partial charge in [-0.25, -0.2) is 0 Å². The van der Waals surface area contributed by atoms with E-state index in [1.165, 1.54) is 70.6 Å². The Labute approximate surface area is 176 Å². The van der Waals surface area contributed by atoms with E-state index in [0.29, 0.717) is 0 Å². The summed E-state index contributed by atoms with van der Waals surface area (Å²) in [6.07, 6.45) is 19.1. The molecule has 0 aliphatic rings. The smallest absolute Gasteiger partial charge is 0.157 e. The molecular formula is C26H46O2. The third kappa shape index (κ3) is 21.3. The first-order valence-corrected chi connectivity index (χ1v) is 12.0. The molecule has 0 spiro atoms. The average Bonchev–Trinajstić information content (AvgIpc) is 2.71. The number of ether oxygens (including phenoxy) is 2. The summed E-state index contributed by atoms with van der Waals surface area (Å²) in [5.41, 5.74) is 0. The summed E-state index contributed by atoms with van der Waals surface area (Å²) in [6, 6.07) is 0. The fourth-order valence-corrected chi connectivity index (χ4v) is 3.00. The second kappa shape index (κ2) is 24.1. The number of hydrogen-bond acceptors (Lipinski definition) is 2. The first-order chi connectivity index (χ1) is 13.8. The third-order valence-electron chi connectivity index (χ3n) is 4.76. The summed E-state index contributed by atoms with van der Waals surface area (Å²) in [5, 5.41) is 0. The summed E-state index contributed by atoms with van der Waals surface area (Å²) < 4.78 is 12.1. The lowest BCUT2D eigenvalue weighted by molar-refractivity contribution is -0.148. The van der Waals surface area contributed by atoms with Crippen LogP contribution in [-0.4, -0.2) is 19.5 Å². The van der Waals surface area contributed by atoms with Crippen LogP contribution >= 0.6 is 0 Å². The van der Waals surface area contributed by atoms with Crippen molar-refractivity contribution in [3.05, 3.63) is 0 Å². The van der Waals surface area contributed by atoms with E-state index in [9.17, 15) is 0 Å². The van der Waals surface area contributed by atoms with Crippen molar-refractivity contribution in [3.63, 3.8) is 0 Å². The van der Waals surface area contributed by atoms with E-state index in [-0.39, 0.29) is 6.29 Å². The molecule has 0 atom stereocenters. The van der Waals surface area contributed by atoms with Gasteiger partial charge in [0.05, 0.1) is 0 Å². The largest absolute Gasteiger partial charge is 0.353 e. The van der Waals surface area contributed by atoms with Crippen LogP contribution in [0.5, 0.6) is 0 Å². The van der Waals surface area contributed by atoms with E-state index in [0.717, 1.165) is 45.3 Å². The van der Waals surface area contributed by atoms with Gasteiger partial charge >= 0.3 is 0 Å². The second-order valence-corrected chi connectivity index (χ2v) is 7.56. The predicted octanol–water partition coefficient (Wildman–Crippen LogP) is 7.65. The monoisotopic (exact) mass is 390 g/mol. The van der Waals surface area contributed by atoms with Crippen LogP contribution in [-0.2, 0) is 9.47 Å². The molecule has 0 radical (unpaired) electrons. The van der Waals surface area contributed by atoms with Gasteiger partial charge in [0.2, 0.25) is 0 Å². The van der Waals surface area contributed by atoms with Crippen molar-refractivity contribution >= 4 is 0 Å². The second-order valence-electron chi connectivity index (χ2n) is 7.56. The van der Waals surface area contributed by atoms with Crippen LogP contribution in [0.2, 0.25) is 0 Å². The van der Waals surface area contributed by atoms with Gasteiger partial charge in [0.15, 0.2) is 6.29 Å². The highest BCUT2D eigenvalue weighted by Gasteiger charge is 2.09. The van der Waals surface area contributed by atoms with Gasteiger partial charge < -0.3 is 9.47 Å². The van der Waals surface area contributed by atoms with Gasteiger partial charge in [-0.1, -0.05) is 90.4 Å². The van der Waals surface area contributed by atoms with Gasteiger partial charge in [-0.05, 0) is 43.9 Å². The molecule has 0 unspecified atom stereocenters. The highest BCUT2D eigenvalue weighted by molar-refractivity contribution is 5.25. The highest BCUT2D eigenvalue weighted by Crippen LogP contribution is 2.13. The first kappa shape index (κ1) is 27.0. The molecule has 28 heavy (non-hydrogen) atoms. The minimum atomic E-state index is 0.00580. The van der Waals surface area contributed by atoms with Crippen molar-refractivity contribution < 1.29 is 9.47 Å². The number of unbranched alkanes of at least 4 members (excludes halogenated alkanes) is 11. The molecule has 0 aliphatic carbocycles. The Morgan fingerprint density at radius 3 is 1.71 bits per heavy atom. The summed E-state index contributed by atoms with van der Waals surface area (Å²) >= 11 is 0. The Hall–Kier alpha value is -0.960. The molecule has 0 aromatic rings. The minimum absolute atomic E-state index is 0.00580. The molecule has 0 bridgehead atoms. The van der Waals surface area contributed by atoms with E-state index < -0.39 is 0 Å². The Balaban J connectivity index is 3.80. The number of rotatable bonds is 19. The third-order valence-corrected chi connectivity index (χ3v) is 4.76. The van der Waals surface area contributed by atoms with E-state index in [1.807, 2.05) is 6.92 Å². The normalized spacial score (nSPS) is 10.4. The van der Waals surface area contributed by atoms with E-state index in [4.69, 9.17) is 9.47 Å². The molecule has 0 heterocycles. The average molecular weight is 391 g/mol. The Bertz CT molecular complexity index is 407. The van der Waals surface area contributed by atoms with E-state index in [1.54, 1.807) is 0 Å². The molecule has 0 aromatic carbocycles. The topological polar surface area (TPSA) is 18.5 Å². The maximum absolute atomic E-state index is 6.03. The summed E-state index contributed by atoms with van der Waals surface area (Å²) in [6.45, 7) is 8.24. The predicted molar refractivity (Wildman–Crippen MR) is 122 cm³/mol. The van der Waals surface area contributed by atoms with Crippen molar-refractivity contribution in [2.24, 2.45) is 0 Å². The molecule has 0 N–H and O–H groups in total. The van der Waals surface area contributed by atoms with Gasteiger partial charge in [0.1, 0.15) is 0 Å². The molecule has 0 fully saturated rings. The van der Waals surface area contributed by atoms with Crippen molar-refractivity contribution in [1.29, 1.82) is 0 Å². The first-order valence-electron chi connectivity index (χ1n) is 12.0. The van der Waals surface area contributed by atoms with Gasteiger partial charge in [-0.2, -0.15) is 0 Å². The van der Waals surface area contributed by atoms with Crippen LogP contribution in [0.3, 0.4) is 0 Å². The van der Waals surface area contributed by atoms with Crippen LogP contribution in [0.15, 0.2) is 0 Å².